The maximum Gasteiger partial charge on any atom is 0.226 e. The second kappa shape index (κ2) is 5.53. The smallest absolute Gasteiger partial charge is 0.226 e. The third-order valence-corrected chi connectivity index (χ3v) is 2.90. The molecule has 2 aromatic rings. The van der Waals surface area contributed by atoms with E-state index in [-0.39, 0.29) is 5.54 Å². The number of hydrogen-bond donors (Lipinski definition) is 1. The first kappa shape index (κ1) is 14.4. The molecule has 0 amide bonds. The summed E-state index contributed by atoms with van der Waals surface area (Å²) in [5.74, 6) is 0.523. The van der Waals surface area contributed by atoms with Gasteiger partial charge in [-0.3, -0.25) is 0 Å². The summed E-state index contributed by atoms with van der Waals surface area (Å²) in [5.41, 5.74) is 1.67. The van der Waals surface area contributed by atoms with Crippen molar-refractivity contribution in [1.29, 1.82) is 0 Å². The summed E-state index contributed by atoms with van der Waals surface area (Å²) in [6.07, 6.45) is 1.64. The molecule has 0 aliphatic carbocycles. The van der Waals surface area contributed by atoms with Crippen molar-refractivity contribution in [2.24, 2.45) is 0 Å². The average Bonchev–Trinajstić information content (AvgIpc) is 2.72. The molecule has 0 atom stereocenters. The molecule has 0 bridgehead atoms. The van der Waals surface area contributed by atoms with Gasteiger partial charge in [0.05, 0.1) is 5.69 Å². The minimum Gasteiger partial charge on any atom is -0.444 e. The zero-order valence-corrected chi connectivity index (χ0v) is 12.6. The van der Waals surface area contributed by atoms with Crippen LogP contribution >= 0.6 is 23.2 Å². The van der Waals surface area contributed by atoms with Crippen molar-refractivity contribution in [2.45, 2.75) is 32.9 Å². The van der Waals surface area contributed by atoms with E-state index in [9.17, 15) is 0 Å². The number of halogens is 2. The minimum absolute atomic E-state index is 0.0402. The Labute approximate surface area is 122 Å². The number of nitrogens with zero attached hydrogens (tertiary/aromatic N) is 1. The second-order valence-corrected chi connectivity index (χ2v) is 6.28. The Morgan fingerprint density at radius 1 is 1.16 bits per heavy atom. The van der Waals surface area contributed by atoms with Gasteiger partial charge in [0.1, 0.15) is 6.26 Å². The highest BCUT2D eigenvalue weighted by atomic mass is 35.5. The van der Waals surface area contributed by atoms with Gasteiger partial charge in [0, 0.05) is 27.7 Å². The zero-order valence-electron chi connectivity index (χ0n) is 11.1. The molecular formula is C14H16Cl2N2O. The molecule has 0 spiro atoms. The van der Waals surface area contributed by atoms with E-state index in [1.165, 1.54) is 0 Å². The molecule has 1 aromatic carbocycles. The lowest BCUT2D eigenvalue weighted by Crippen LogP contribution is -2.35. The maximum atomic E-state index is 5.96. The maximum absolute atomic E-state index is 5.96. The third kappa shape index (κ3) is 4.23. The Morgan fingerprint density at radius 3 is 2.37 bits per heavy atom. The van der Waals surface area contributed by atoms with E-state index in [4.69, 9.17) is 27.6 Å². The molecular weight excluding hydrogens is 283 g/mol. The van der Waals surface area contributed by atoms with Gasteiger partial charge in [-0.05, 0) is 39.0 Å². The molecule has 5 heteroatoms. The summed E-state index contributed by atoms with van der Waals surface area (Å²) >= 11 is 11.9. The van der Waals surface area contributed by atoms with Crippen LogP contribution in [0.25, 0.3) is 11.5 Å². The van der Waals surface area contributed by atoms with E-state index >= 15 is 0 Å². The van der Waals surface area contributed by atoms with E-state index in [2.05, 4.69) is 31.1 Å². The molecule has 0 saturated carbocycles. The summed E-state index contributed by atoms with van der Waals surface area (Å²) in [4.78, 5) is 4.42. The van der Waals surface area contributed by atoms with Crippen molar-refractivity contribution in [3.05, 3.63) is 40.2 Å². The monoisotopic (exact) mass is 298 g/mol. The fourth-order valence-corrected chi connectivity index (χ4v) is 2.08. The summed E-state index contributed by atoms with van der Waals surface area (Å²) in [6.45, 7) is 6.96. The van der Waals surface area contributed by atoms with Crippen LogP contribution in [0, 0.1) is 0 Å². The van der Waals surface area contributed by atoms with Crippen LogP contribution < -0.4 is 5.32 Å². The van der Waals surface area contributed by atoms with Crippen molar-refractivity contribution in [3.63, 3.8) is 0 Å². The average molecular weight is 299 g/mol. The van der Waals surface area contributed by atoms with Gasteiger partial charge < -0.3 is 9.73 Å². The Kier molecular flexibility index (Phi) is 4.19. The van der Waals surface area contributed by atoms with Gasteiger partial charge in [-0.1, -0.05) is 23.2 Å². The predicted octanol–water partition coefficient (Wildman–Crippen LogP) is 4.54. The second-order valence-electron chi connectivity index (χ2n) is 5.41. The van der Waals surface area contributed by atoms with Gasteiger partial charge in [-0.2, -0.15) is 0 Å². The van der Waals surface area contributed by atoms with Gasteiger partial charge in [0.2, 0.25) is 5.89 Å². The van der Waals surface area contributed by atoms with E-state index < -0.39 is 0 Å². The van der Waals surface area contributed by atoms with Crippen molar-refractivity contribution in [2.75, 3.05) is 0 Å². The lowest BCUT2D eigenvalue weighted by atomic mass is 10.1. The number of nitrogens with one attached hydrogen (secondary N) is 1. The molecule has 0 unspecified atom stereocenters. The third-order valence-electron chi connectivity index (χ3n) is 2.46. The van der Waals surface area contributed by atoms with Crippen LogP contribution in [-0.2, 0) is 6.54 Å². The minimum atomic E-state index is 0.0402. The Hall–Kier alpha value is -1.03. The number of hydrogen-bond acceptors (Lipinski definition) is 3. The topological polar surface area (TPSA) is 38.1 Å². The lowest BCUT2D eigenvalue weighted by Gasteiger charge is -2.19. The van der Waals surface area contributed by atoms with Crippen LogP contribution in [-0.4, -0.2) is 10.5 Å². The van der Waals surface area contributed by atoms with Gasteiger partial charge in [0.15, 0.2) is 0 Å². The SMILES string of the molecule is CC(C)(C)NCc1coc(-c2cc(Cl)cc(Cl)c2)n1. The largest absolute Gasteiger partial charge is 0.444 e. The van der Waals surface area contributed by atoms with Crippen LogP contribution in [0.2, 0.25) is 10.0 Å². The van der Waals surface area contributed by atoms with Crippen LogP contribution in [0.3, 0.4) is 0 Å². The first-order valence-corrected chi connectivity index (χ1v) is 6.75. The first-order chi connectivity index (χ1) is 8.83. The molecule has 0 fully saturated rings. The van der Waals surface area contributed by atoms with E-state index in [0.717, 1.165) is 11.3 Å². The fourth-order valence-electron chi connectivity index (χ4n) is 1.55. The van der Waals surface area contributed by atoms with E-state index in [1.807, 2.05) is 0 Å². The number of aromatic nitrogens is 1. The van der Waals surface area contributed by atoms with Crippen molar-refractivity contribution in [1.82, 2.24) is 10.3 Å². The van der Waals surface area contributed by atoms with E-state index in [0.29, 0.717) is 22.5 Å². The van der Waals surface area contributed by atoms with Gasteiger partial charge in [-0.15, -0.1) is 0 Å². The zero-order chi connectivity index (χ0) is 14.0. The van der Waals surface area contributed by atoms with Crippen LogP contribution in [0.5, 0.6) is 0 Å². The molecule has 1 heterocycles. The molecule has 0 aliphatic rings. The Bertz CT molecular complexity index is 553. The molecule has 102 valence electrons. The lowest BCUT2D eigenvalue weighted by molar-refractivity contribution is 0.421. The molecule has 0 radical (unpaired) electrons. The van der Waals surface area contributed by atoms with Crippen LogP contribution in [0.15, 0.2) is 28.9 Å². The highest BCUT2D eigenvalue weighted by Gasteiger charge is 2.12. The van der Waals surface area contributed by atoms with Crippen LogP contribution in [0.4, 0.5) is 0 Å². The molecule has 0 saturated heterocycles. The molecule has 1 N–H and O–H groups in total. The summed E-state index contributed by atoms with van der Waals surface area (Å²) in [5, 5.41) is 4.48. The highest BCUT2D eigenvalue weighted by molar-refractivity contribution is 6.35. The van der Waals surface area contributed by atoms with E-state index in [1.54, 1.807) is 24.5 Å². The summed E-state index contributed by atoms with van der Waals surface area (Å²) in [7, 11) is 0. The summed E-state index contributed by atoms with van der Waals surface area (Å²) < 4.78 is 5.46. The quantitative estimate of drug-likeness (QED) is 0.904. The Morgan fingerprint density at radius 2 is 1.79 bits per heavy atom. The van der Waals surface area contributed by atoms with Gasteiger partial charge >= 0.3 is 0 Å². The fraction of sp³-hybridized carbons (Fsp3) is 0.357. The number of benzene rings is 1. The molecule has 2 rings (SSSR count). The molecule has 3 nitrogen and oxygen atoms in total. The molecule has 1 aromatic heterocycles. The highest BCUT2D eigenvalue weighted by Crippen LogP contribution is 2.26. The normalized spacial score (nSPS) is 11.8. The number of oxazole rings is 1. The van der Waals surface area contributed by atoms with Crippen molar-refractivity contribution >= 4 is 23.2 Å². The Balaban J connectivity index is 2.16. The first-order valence-electron chi connectivity index (χ1n) is 5.99. The van der Waals surface area contributed by atoms with Gasteiger partial charge in [0.25, 0.3) is 0 Å². The predicted molar refractivity (Wildman–Crippen MR) is 78.6 cm³/mol. The van der Waals surface area contributed by atoms with Crippen molar-refractivity contribution in [3.8, 4) is 11.5 Å². The summed E-state index contributed by atoms with van der Waals surface area (Å²) in [6, 6.07) is 5.23. The standard InChI is InChI=1S/C14H16Cl2N2O/c1-14(2,3)17-7-12-8-19-13(18-12)9-4-10(15)6-11(16)5-9/h4-6,8,17H,7H2,1-3H3. The van der Waals surface area contributed by atoms with Crippen LogP contribution in [0.1, 0.15) is 26.5 Å². The molecule has 0 aliphatic heterocycles. The van der Waals surface area contributed by atoms with Crippen molar-refractivity contribution < 1.29 is 4.42 Å². The molecule has 19 heavy (non-hydrogen) atoms. The number of rotatable bonds is 3. The van der Waals surface area contributed by atoms with Gasteiger partial charge in [-0.25, -0.2) is 4.98 Å².